The maximum absolute atomic E-state index is 13.3. The minimum atomic E-state index is -3.84. The summed E-state index contributed by atoms with van der Waals surface area (Å²) in [7, 11) is -3.84. The van der Waals surface area contributed by atoms with E-state index in [1.165, 1.54) is 12.1 Å². The van der Waals surface area contributed by atoms with E-state index in [1.54, 1.807) is 24.3 Å². The van der Waals surface area contributed by atoms with Gasteiger partial charge in [0.2, 0.25) is 5.91 Å². The molecule has 0 heterocycles. The second kappa shape index (κ2) is 7.52. The number of amides is 1. The Hall–Kier alpha value is -2.67. The summed E-state index contributed by atoms with van der Waals surface area (Å²) in [6.45, 7) is 0. The lowest BCUT2D eigenvalue weighted by Gasteiger charge is -2.35. The number of Topliss-reactive ketones (excluding diaryl/α,β-unsaturated/α-hetero) is 1. The molecule has 0 aromatic heterocycles. The van der Waals surface area contributed by atoms with Crippen LogP contribution < -0.4 is 10.5 Å². The van der Waals surface area contributed by atoms with Gasteiger partial charge in [-0.3, -0.25) is 9.59 Å². The number of carbonyl (C=O) groups is 2. The Morgan fingerprint density at radius 3 is 2.07 bits per heavy atom. The minimum Gasteiger partial charge on any atom is -0.457 e. The SMILES string of the molecule is NC(=O)CC1(S(=O)(=O)c2ccc(Oc3ccccc3)cc2)CCC(=O)CC1. The Kier molecular flexibility index (Phi) is 5.32. The summed E-state index contributed by atoms with van der Waals surface area (Å²) >= 11 is 0. The number of ketones is 1. The highest BCUT2D eigenvalue weighted by atomic mass is 32.2. The van der Waals surface area contributed by atoms with Gasteiger partial charge in [0.05, 0.1) is 9.64 Å². The van der Waals surface area contributed by atoms with Crippen LogP contribution in [-0.2, 0) is 19.4 Å². The molecule has 0 radical (unpaired) electrons. The summed E-state index contributed by atoms with van der Waals surface area (Å²) in [5.41, 5.74) is 5.32. The first-order chi connectivity index (χ1) is 12.8. The van der Waals surface area contributed by atoms with Gasteiger partial charge in [-0.2, -0.15) is 0 Å². The molecule has 2 N–H and O–H groups in total. The molecule has 1 amide bonds. The average molecular weight is 387 g/mol. The van der Waals surface area contributed by atoms with Crippen molar-refractivity contribution in [3.63, 3.8) is 0 Å². The van der Waals surface area contributed by atoms with Gasteiger partial charge >= 0.3 is 0 Å². The minimum absolute atomic E-state index is 0.0110. The number of sulfone groups is 1. The molecule has 0 spiro atoms. The number of benzene rings is 2. The number of hydrogen-bond acceptors (Lipinski definition) is 5. The molecule has 3 rings (SSSR count). The number of para-hydroxylation sites is 1. The van der Waals surface area contributed by atoms with E-state index in [4.69, 9.17) is 10.5 Å². The maximum Gasteiger partial charge on any atom is 0.219 e. The highest BCUT2D eigenvalue weighted by Gasteiger charge is 2.47. The summed E-state index contributed by atoms with van der Waals surface area (Å²) in [5.74, 6) is 0.473. The predicted molar refractivity (Wildman–Crippen MR) is 100 cm³/mol. The molecule has 2 aromatic rings. The van der Waals surface area contributed by atoms with Crippen molar-refractivity contribution in [2.45, 2.75) is 41.7 Å². The lowest BCUT2D eigenvalue weighted by molar-refractivity contribution is -0.123. The third kappa shape index (κ3) is 4.03. The van der Waals surface area contributed by atoms with E-state index >= 15 is 0 Å². The van der Waals surface area contributed by atoms with Crippen LogP contribution in [0.15, 0.2) is 59.5 Å². The molecular weight excluding hydrogens is 366 g/mol. The molecule has 142 valence electrons. The Labute approximate surface area is 158 Å². The Morgan fingerprint density at radius 2 is 1.52 bits per heavy atom. The highest BCUT2D eigenvalue weighted by Crippen LogP contribution is 2.41. The second-order valence-corrected chi connectivity index (χ2v) is 9.10. The number of hydrogen-bond donors (Lipinski definition) is 1. The first kappa shape index (κ1) is 19.1. The van der Waals surface area contributed by atoms with Crippen molar-refractivity contribution in [2.75, 3.05) is 0 Å². The van der Waals surface area contributed by atoms with Gasteiger partial charge in [0.15, 0.2) is 9.84 Å². The van der Waals surface area contributed by atoms with Crippen molar-refractivity contribution < 1.29 is 22.7 Å². The fourth-order valence-electron chi connectivity index (χ4n) is 3.40. The lowest BCUT2D eigenvalue weighted by atomic mass is 9.85. The zero-order valence-electron chi connectivity index (χ0n) is 14.8. The molecule has 0 saturated heterocycles. The summed E-state index contributed by atoms with van der Waals surface area (Å²) in [6.07, 6.45) is 0.215. The smallest absolute Gasteiger partial charge is 0.219 e. The average Bonchev–Trinajstić information content (AvgIpc) is 2.64. The van der Waals surface area contributed by atoms with Crippen LogP contribution in [0, 0.1) is 0 Å². The molecule has 0 atom stereocenters. The molecule has 1 aliphatic rings. The van der Waals surface area contributed by atoms with Crippen molar-refractivity contribution in [2.24, 2.45) is 5.73 Å². The third-order valence-corrected chi connectivity index (χ3v) is 7.48. The van der Waals surface area contributed by atoms with E-state index in [2.05, 4.69) is 0 Å². The largest absolute Gasteiger partial charge is 0.457 e. The number of carbonyl (C=O) groups excluding carboxylic acids is 2. The summed E-state index contributed by atoms with van der Waals surface area (Å²) in [4.78, 5) is 23.2. The van der Waals surface area contributed by atoms with Crippen molar-refractivity contribution in [1.82, 2.24) is 0 Å². The molecule has 1 saturated carbocycles. The van der Waals surface area contributed by atoms with Gasteiger partial charge in [0.25, 0.3) is 0 Å². The summed E-state index contributed by atoms with van der Waals surface area (Å²) in [5, 5.41) is 0. The van der Waals surface area contributed by atoms with Crippen LogP contribution in [0.3, 0.4) is 0 Å². The lowest BCUT2D eigenvalue weighted by Crippen LogP contribution is -2.45. The number of rotatable bonds is 6. The molecule has 0 unspecified atom stereocenters. The second-order valence-electron chi connectivity index (χ2n) is 6.75. The molecule has 1 aliphatic carbocycles. The number of ether oxygens (including phenoxy) is 1. The molecule has 2 aromatic carbocycles. The molecule has 27 heavy (non-hydrogen) atoms. The maximum atomic E-state index is 13.3. The summed E-state index contributed by atoms with van der Waals surface area (Å²) in [6, 6.07) is 15.2. The van der Waals surface area contributed by atoms with Crippen LogP contribution in [0.5, 0.6) is 11.5 Å². The zero-order chi connectivity index (χ0) is 19.5. The number of primary amides is 1. The van der Waals surface area contributed by atoms with Gasteiger partial charge in [-0.05, 0) is 49.2 Å². The molecule has 1 fully saturated rings. The van der Waals surface area contributed by atoms with E-state index < -0.39 is 20.5 Å². The van der Waals surface area contributed by atoms with E-state index in [-0.39, 0.29) is 42.8 Å². The van der Waals surface area contributed by atoms with E-state index in [0.717, 1.165) is 0 Å². The molecular formula is C20H21NO5S. The van der Waals surface area contributed by atoms with Gasteiger partial charge < -0.3 is 10.5 Å². The van der Waals surface area contributed by atoms with E-state index in [0.29, 0.717) is 11.5 Å². The van der Waals surface area contributed by atoms with Gasteiger partial charge in [-0.25, -0.2) is 8.42 Å². The van der Waals surface area contributed by atoms with E-state index in [1.807, 2.05) is 18.2 Å². The predicted octanol–water partition coefficient (Wildman–Crippen LogP) is 3.01. The van der Waals surface area contributed by atoms with Gasteiger partial charge in [0.1, 0.15) is 17.3 Å². The first-order valence-corrected chi connectivity index (χ1v) is 10.2. The van der Waals surface area contributed by atoms with Crippen LogP contribution in [0.2, 0.25) is 0 Å². The topological polar surface area (TPSA) is 104 Å². The third-order valence-electron chi connectivity index (χ3n) is 4.90. The molecule has 6 nitrogen and oxygen atoms in total. The molecule has 7 heteroatoms. The Balaban J connectivity index is 1.88. The Morgan fingerprint density at radius 1 is 0.963 bits per heavy atom. The van der Waals surface area contributed by atoms with Crippen molar-refractivity contribution in [3.8, 4) is 11.5 Å². The van der Waals surface area contributed by atoms with Crippen LogP contribution in [0.4, 0.5) is 0 Å². The normalized spacial score (nSPS) is 16.7. The monoisotopic (exact) mass is 387 g/mol. The highest BCUT2D eigenvalue weighted by molar-refractivity contribution is 7.92. The Bertz CT molecular complexity index is 926. The fraction of sp³-hybridized carbons (Fsp3) is 0.300. The van der Waals surface area contributed by atoms with Crippen LogP contribution >= 0.6 is 0 Å². The standard InChI is InChI=1S/C20H21NO5S/c21-19(23)14-20(12-10-15(22)11-13-20)27(24,25)18-8-6-17(7-9-18)26-16-4-2-1-3-5-16/h1-9H,10-14H2,(H2,21,23). The molecule has 0 bridgehead atoms. The molecule has 0 aliphatic heterocycles. The van der Waals surface area contributed by atoms with Crippen LogP contribution in [-0.4, -0.2) is 24.9 Å². The van der Waals surface area contributed by atoms with Gasteiger partial charge in [0, 0.05) is 19.3 Å². The van der Waals surface area contributed by atoms with Crippen molar-refractivity contribution in [3.05, 3.63) is 54.6 Å². The number of nitrogens with two attached hydrogens (primary N) is 1. The van der Waals surface area contributed by atoms with Crippen LogP contribution in [0.1, 0.15) is 32.1 Å². The first-order valence-electron chi connectivity index (χ1n) is 8.70. The van der Waals surface area contributed by atoms with E-state index in [9.17, 15) is 18.0 Å². The quantitative estimate of drug-likeness (QED) is 0.820. The van der Waals surface area contributed by atoms with Crippen LogP contribution in [0.25, 0.3) is 0 Å². The van der Waals surface area contributed by atoms with Crippen molar-refractivity contribution >= 4 is 21.5 Å². The van der Waals surface area contributed by atoms with Crippen molar-refractivity contribution in [1.29, 1.82) is 0 Å². The summed E-state index contributed by atoms with van der Waals surface area (Å²) < 4.78 is 30.9. The zero-order valence-corrected chi connectivity index (χ0v) is 15.6. The van der Waals surface area contributed by atoms with Gasteiger partial charge in [-0.15, -0.1) is 0 Å². The van der Waals surface area contributed by atoms with Gasteiger partial charge in [-0.1, -0.05) is 18.2 Å². The fourth-order valence-corrected chi connectivity index (χ4v) is 5.47.